The van der Waals surface area contributed by atoms with Gasteiger partial charge in [0.15, 0.2) is 5.82 Å². The molecule has 0 radical (unpaired) electrons. The van der Waals surface area contributed by atoms with E-state index in [0.29, 0.717) is 31.0 Å². The van der Waals surface area contributed by atoms with Crippen molar-refractivity contribution >= 4 is 28.8 Å². The van der Waals surface area contributed by atoms with Gasteiger partial charge >= 0.3 is 0 Å². The normalized spacial score (nSPS) is 16.5. The number of carbonyl (C=O) groups is 2. The Kier molecular flexibility index (Phi) is 5.09. The topological polar surface area (TPSA) is 107 Å². The third-order valence-electron chi connectivity index (χ3n) is 6.48. The van der Waals surface area contributed by atoms with Crippen molar-refractivity contribution in [3.05, 3.63) is 41.3 Å². The second-order valence-corrected chi connectivity index (χ2v) is 8.42. The Labute approximate surface area is 180 Å². The zero-order chi connectivity index (χ0) is 21.4. The molecule has 9 heteroatoms. The van der Waals surface area contributed by atoms with Crippen LogP contribution in [0, 0.1) is 5.92 Å². The van der Waals surface area contributed by atoms with Gasteiger partial charge in [-0.1, -0.05) is 0 Å². The van der Waals surface area contributed by atoms with E-state index >= 15 is 0 Å². The third-order valence-corrected chi connectivity index (χ3v) is 6.48. The highest BCUT2D eigenvalue weighted by Gasteiger charge is 2.27. The first-order valence-corrected chi connectivity index (χ1v) is 10.9. The number of fused-ring (bicyclic) bond motifs is 2. The summed E-state index contributed by atoms with van der Waals surface area (Å²) in [5, 5.41) is 18.0. The van der Waals surface area contributed by atoms with Gasteiger partial charge in [-0.2, -0.15) is 10.2 Å². The Morgan fingerprint density at radius 2 is 2.10 bits per heavy atom. The molecule has 2 aliphatic rings. The molecule has 0 spiro atoms. The zero-order valence-corrected chi connectivity index (χ0v) is 17.6. The lowest BCUT2D eigenvalue weighted by Crippen LogP contribution is -2.39. The minimum Gasteiger partial charge on any atom is -0.359 e. The van der Waals surface area contributed by atoms with E-state index in [1.54, 1.807) is 17.8 Å². The van der Waals surface area contributed by atoms with Gasteiger partial charge in [-0.05, 0) is 50.2 Å². The predicted octanol–water partition coefficient (Wildman–Crippen LogP) is 2.28. The number of H-pyrrole nitrogens is 1. The van der Waals surface area contributed by atoms with E-state index < -0.39 is 0 Å². The second-order valence-electron chi connectivity index (χ2n) is 8.42. The highest BCUT2D eigenvalue weighted by atomic mass is 16.2. The van der Waals surface area contributed by atoms with Crippen molar-refractivity contribution in [2.45, 2.75) is 38.5 Å². The molecule has 4 heterocycles. The van der Waals surface area contributed by atoms with E-state index in [0.717, 1.165) is 49.1 Å². The van der Waals surface area contributed by atoms with Crippen LogP contribution in [0.1, 0.15) is 47.3 Å². The number of amides is 2. The van der Waals surface area contributed by atoms with Crippen LogP contribution in [0.4, 0.5) is 11.5 Å². The summed E-state index contributed by atoms with van der Waals surface area (Å²) in [5.41, 5.74) is 4.72. The van der Waals surface area contributed by atoms with Gasteiger partial charge in [-0.25, -0.2) is 4.52 Å². The molecule has 3 N–H and O–H groups in total. The molecule has 0 saturated carbocycles. The number of piperidine rings is 1. The highest BCUT2D eigenvalue weighted by Crippen LogP contribution is 2.29. The lowest BCUT2D eigenvalue weighted by molar-refractivity contribution is -0.121. The van der Waals surface area contributed by atoms with Crippen molar-refractivity contribution < 1.29 is 9.59 Å². The van der Waals surface area contributed by atoms with Gasteiger partial charge < -0.3 is 15.5 Å². The van der Waals surface area contributed by atoms with Crippen molar-refractivity contribution in [3.63, 3.8) is 0 Å². The van der Waals surface area contributed by atoms with Crippen LogP contribution >= 0.6 is 0 Å². The third kappa shape index (κ3) is 3.75. The minimum absolute atomic E-state index is 0.00814. The first-order valence-electron chi connectivity index (χ1n) is 10.9. The number of anilines is 2. The maximum Gasteiger partial charge on any atom is 0.257 e. The summed E-state index contributed by atoms with van der Waals surface area (Å²) >= 11 is 0. The van der Waals surface area contributed by atoms with Crippen molar-refractivity contribution in [2.75, 3.05) is 25.5 Å². The van der Waals surface area contributed by atoms with Gasteiger partial charge in [0.05, 0.1) is 17.3 Å². The number of pyridine rings is 1. The van der Waals surface area contributed by atoms with Crippen LogP contribution in [0.15, 0.2) is 24.5 Å². The molecule has 3 aromatic rings. The van der Waals surface area contributed by atoms with E-state index in [1.807, 2.05) is 23.2 Å². The molecule has 0 unspecified atom stereocenters. The monoisotopic (exact) mass is 421 g/mol. The van der Waals surface area contributed by atoms with Gasteiger partial charge in [-0.15, -0.1) is 0 Å². The summed E-state index contributed by atoms with van der Waals surface area (Å²) in [5.74, 6) is 1.25. The fourth-order valence-electron chi connectivity index (χ4n) is 4.66. The van der Waals surface area contributed by atoms with E-state index in [2.05, 4.69) is 25.9 Å². The maximum atomic E-state index is 13.2. The molecule has 1 saturated heterocycles. The van der Waals surface area contributed by atoms with Crippen molar-refractivity contribution in [1.82, 2.24) is 30.0 Å². The summed E-state index contributed by atoms with van der Waals surface area (Å²) in [6, 6.07) is 3.89. The van der Waals surface area contributed by atoms with Gasteiger partial charge in [0, 0.05) is 49.7 Å². The van der Waals surface area contributed by atoms with Crippen LogP contribution in [0.3, 0.4) is 0 Å². The number of nitrogens with one attached hydrogen (secondary N) is 3. The molecular formula is C22H27N7O2. The molecule has 1 aliphatic heterocycles. The van der Waals surface area contributed by atoms with Crippen molar-refractivity contribution in [1.29, 1.82) is 0 Å². The summed E-state index contributed by atoms with van der Waals surface area (Å²) in [6.07, 6.45) is 8.94. The molecule has 3 aromatic heterocycles. The van der Waals surface area contributed by atoms with Gasteiger partial charge in [-0.3, -0.25) is 14.7 Å². The number of aromatic nitrogens is 4. The number of rotatable bonds is 5. The van der Waals surface area contributed by atoms with Gasteiger partial charge in [0.25, 0.3) is 5.91 Å². The van der Waals surface area contributed by atoms with E-state index in [-0.39, 0.29) is 11.8 Å². The van der Waals surface area contributed by atoms with Crippen LogP contribution in [0.25, 0.3) is 5.52 Å². The fraction of sp³-hybridized carbons (Fsp3) is 0.455. The van der Waals surface area contributed by atoms with Crippen LogP contribution in [0.5, 0.6) is 0 Å². The molecule has 1 aliphatic carbocycles. The fourth-order valence-corrected chi connectivity index (χ4v) is 4.66. The highest BCUT2D eigenvalue weighted by molar-refractivity contribution is 6.01. The first-order chi connectivity index (χ1) is 15.1. The molecule has 5 rings (SSSR count). The number of likely N-dealkylation sites (tertiary alicyclic amines) is 1. The Bertz CT molecular complexity index is 1120. The first kappa shape index (κ1) is 19.6. The quantitative estimate of drug-likeness (QED) is 0.586. The number of hydrogen-bond donors (Lipinski definition) is 3. The smallest absolute Gasteiger partial charge is 0.257 e. The summed E-state index contributed by atoms with van der Waals surface area (Å²) in [7, 11) is 1.66. The number of carbonyl (C=O) groups excluding carboxylic acids is 2. The summed E-state index contributed by atoms with van der Waals surface area (Å²) < 4.78 is 1.73. The van der Waals surface area contributed by atoms with Crippen molar-refractivity contribution in [2.24, 2.45) is 5.92 Å². The van der Waals surface area contributed by atoms with E-state index in [9.17, 15) is 9.59 Å². The second kappa shape index (κ2) is 8.05. The van der Waals surface area contributed by atoms with Gasteiger partial charge in [0.1, 0.15) is 0 Å². The Morgan fingerprint density at radius 3 is 2.90 bits per heavy atom. The molecule has 31 heavy (non-hydrogen) atoms. The zero-order valence-electron chi connectivity index (χ0n) is 17.6. The molecule has 2 amide bonds. The maximum absolute atomic E-state index is 13.2. The summed E-state index contributed by atoms with van der Waals surface area (Å²) in [4.78, 5) is 26.7. The minimum atomic E-state index is -0.00814. The standard InChI is InChI=1S/C22H27N7O2/c1-23-20(30)11-14-5-8-28(9-6-14)22(31)17-13-24-29-10-7-15(12-19(17)29)25-21-16-3-2-4-18(16)26-27-21/h7,10,12-14H,2-6,8-9,11H2,1H3,(H,23,30)(H2,25,26,27). The average molecular weight is 422 g/mol. The Morgan fingerprint density at radius 1 is 1.26 bits per heavy atom. The summed E-state index contributed by atoms with van der Waals surface area (Å²) in [6.45, 7) is 1.32. The molecule has 0 atom stereocenters. The lowest BCUT2D eigenvalue weighted by atomic mass is 9.93. The largest absolute Gasteiger partial charge is 0.359 e. The van der Waals surface area contributed by atoms with E-state index in [4.69, 9.17) is 0 Å². The average Bonchev–Trinajstić information content (AvgIpc) is 3.51. The Balaban J connectivity index is 1.31. The molecular weight excluding hydrogens is 394 g/mol. The Hall–Kier alpha value is -3.36. The van der Waals surface area contributed by atoms with Gasteiger partial charge in [0.2, 0.25) is 5.91 Å². The lowest BCUT2D eigenvalue weighted by Gasteiger charge is -2.31. The number of hydrogen-bond acceptors (Lipinski definition) is 5. The predicted molar refractivity (Wildman–Crippen MR) is 116 cm³/mol. The molecule has 0 bridgehead atoms. The van der Waals surface area contributed by atoms with Crippen LogP contribution in [-0.4, -0.2) is 56.7 Å². The number of aromatic amines is 1. The van der Waals surface area contributed by atoms with E-state index in [1.165, 1.54) is 11.3 Å². The van der Waals surface area contributed by atoms with Crippen LogP contribution < -0.4 is 10.6 Å². The number of nitrogens with zero attached hydrogens (tertiary/aromatic N) is 4. The van der Waals surface area contributed by atoms with Crippen molar-refractivity contribution in [3.8, 4) is 0 Å². The molecule has 9 nitrogen and oxygen atoms in total. The molecule has 1 fully saturated rings. The van der Waals surface area contributed by atoms with Crippen LogP contribution in [-0.2, 0) is 17.6 Å². The molecule has 0 aromatic carbocycles. The number of aryl methyl sites for hydroxylation is 1. The molecule has 162 valence electrons. The van der Waals surface area contributed by atoms with Crippen LogP contribution in [0.2, 0.25) is 0 Å². The SMILES string of the molecule is CNC(=O)CC1CCN(C(=O)c2cnn3ccc(Nc4n[nH]c5c4CCC5)cc23)CC1.